The van der Waals surface area contributed by atoms with E-state index in [2.05, 4.69) is 10.3 Å². The molecule has 1 aromatic carbocycles. The normalized spacial score (nSPS) is 10.7. The molecule has 0 aliphatic carbocycles. The lowest BCUT2D eigenvalue weighted by atomic mass is 10.1. The first-order valence-electron chi connectivity index (χ1n) is 7.68. The molecule has 0 saturated carbocycles. The Morgan fingerprint density at radius 3 is 2.88 bits per heavy atom. The number of hydrogen-bond acceptors (Lipinski definition) is 4. The van der Waals surface area contributed by atoms with E-state index in [0.717, 1.165) is 22.0 Å². The summed E-state index contributed by atoms with van der Waals surface area (Å²) < 4.78 is 5.04. The number of aromatic amines is 1. The molecular weight excluding hydrogens is 324 g/mol. The number of fused-ring (bicyclic) bond motifs is 1. The maximum Gasteiger partial charge on any atom is 0.349 e. The SMILES string of the molecule is Cc1ccsc1C(=O)OCC(=O)NCCc1c[nH]c2ccccc12. The van der Waals surface area contributed by atoms with Gasteiger partial charge >= 0.3 is 5.97 Å². The third-order valence-corrected chi connectivity index (χ3v) is 4.77. The van der Waals surface area contributed by atoms with Crippen molar-refractivity contribution in [2.45, 2.75) is 13.3 Å². The molecule has 3 rings (SSSR count). The fourth-order valence-electron chi connectivity index (χ4n) is 2.50. The summed E-state index contributed by atoms with van der Waals surface area (Å²) >= 11 is 1.32. The number of benzene rings is 1. The first-order valence-corrected chi connectivity index (χ1v) is 8.56. The number of H-pyrrole nitrogens is 1. The van der Waals surface area contributed by atoms with E-state index in [1.807, 2.05) is 48.8 Å². The number of aryl methyl sites for hydroxylation is 1. The number of esters is 1. The van der Waals surface area contributed by atoms with Gasteiger partial charge in [0.15, 0.2) is 6.61 Å². The van der Waals surface area contributed by atoms with Gasteiger partial charge in [-0.1, -0.05) is 18.2 Å². The van der Waals surface area contributed by atoms with E-state index in [0.29, 0.717) is 17.8 Å². The van der Waals surface area contributed by atoms with Crippen LogP contribution in [0.1, 0.15) is 20.8 Å². The number of thiophene rings is 1. The summed E-state index contributed by atoms with van der Waals surface area (Å²) in [6, 6.07) is 9.89. The second-order valence-corrected chi connectivity index (χ2v) is 6.38. The summed E-state index contributed by atoms with van der Waals surface area (Å²) in [7, 11) is 0. The molecule has 0 saturated heterocycles. The molecule has 2 N–H and O–H groups in total. The largest absolute Gasteiger partial charge is 0.451 e. The average Bonchev–Trinajstić information content (AvgIpc) is 3.19. The van der Waals surface area contributed by atoms with Gasteiger partial charge in [-0.2, -0.15) is 0 Å². The zero-order valence-corrected chi connectivity index (χ0v) is 14.1. The first-order chi connectivity index (χ1) is 11.6. The van der Waals surface area contributed by atoms with Crippen molar-refractivity contribution in [1.82, 2.24) is 10.3 Å². The predicted molar refractivity (Wildman–Crippen MR) is 94.4 cm³/mol. The highest BCUT2D eigenvalue weighted by Crippen LogP contribution is 2.18. The minimum Gasteiger partial charge on any atom is -0.451 e. The van der Waals surface area contributed by atoms with E-state index in [-0.39, 0.29) is 12.5 Å². The average molecular weight is 342 g/mol. The lowest BCUT2D eigenvalue weighted by Gasteiger charge is -2.06. The van der Waals surface area contributed by atoms with Crippen LogP contribution in [0.15, 0.2) is 41.9 Å². The molecule has 0 spiro atoms. The molecule has 0 aliphatic rings. The number of rotatable bonds is 6. The van der Waals surface area contributed by atoms with Crippen LogP contribution in [0.4, 0.5) is 0 Å². The highest BCUT2D eigenvalue weighted by molar-refractivity contribution is 7.12. The number of hydrogen-bond donors (Lipinski definition) is 2. The van der Waals surface area contributed by atoms with Gasteiger partial charge in [-0.3, -0.25) is 4.79 Å². The lowest BCUT2D eigenvalue weighted by Crippen LogP contribution is -2.30. The van der Waals surface area contributed by atoms with Gasteiger partial charge in [0.2, 0.25) is 0 Å². The van der Waals surface area contributed by atoms with Crippen molar-refractivity contribution in [3.8, 4) is 0 Å². The fourth-order valence-corrected chi connectivity index (χ4v) is 3.32. The van der Waals surface area contributed by atoms with E-state index >= 15 is 0 Å². The lowest BCUT2D eigenvalue weighted by molar-refractivity contribution is -0.124. The standard InChI is InChI=1S/C18H18N2O3S/c1-12-7-9-24-17(12)18(22)23-11-16(21)19-8-6-13-10-20-15-5-3-2-4-14(13)15/h2-5,7,9-10,20H,6,8,11H2,1H3,(H,19,21). The summed E-state index contributed by atoms with van der Waals surface area (Å²) in [5.41, 5.74) is 3.10. The Morgan fingerprint density at radius 2 is 2.08 bits per heavy atom. The van der Waals surface area contributed by atoms with Crippen LogP contribution in [-0.2, 0) is 16.0 Å². The molecule has 0 fully saturated rings. The van der Waals surface area contributed by atoms with Crippen molar-refractivity contribution in [1.29, 1.82) is 0 Å². The Hall–Kier alpha value is -2.60. The predicted octanol–water partition coefficient (Wildman–Crippen LogP) is 3.05. The zero-order chi connectivity index (χ0) is 16.9. The van der Waals surface area contributed by atoms with Gasteiger partial charge in [0, 0.05) is 23.6 Å². The smallest absolute Gasteiger partial charge is 0.349 e. The van der Waals surface area contributed by atoms with Crippen LogP contribution in [0.2, 0.25) is 0 Å². The van der Waals surface area contributed by atoms with E-state index in [9.17, 15) is 9.59 Å². The minimum atomic E-state index is -0.450. The van der Waals surface area contributed by atoms with Crippen molar-refractivity contribution in [2.75, 3.05) is 13.2 Å². The monoisotopic (exact) mass is 342 g/mol. The van der Waals surface area contributed by atoms with Crippen molar-refractivity contribution in [2.24, 2.45) is 0 Å². The molecule has 6 heteroatoms. The highest BCUT2D eigenvalue weighted by atomic mass is 32.1. The van der Waals surface area contributed by atoms with E-state index in [1.54, 1.807) is 0 Å². The van der Waals surface area contributed by atoms with Crippen molar-refractivity contribution < 1.29 is 14.3 Å². The number of carbonyl (C=O) groups excluding carboxylic acids is 2. The van der Waals surface area contributed by atoms with Crippen molar-refractivity contribution >= 4 is 34.1 Å². The van der Waals surface area contributed by atoms with Crippen LogP contribution in [0.25, 0.3) is 10.9 Å². The second-order valence-electron chi connectivity index (χ2n) is 5.47. The van der Waals surface area contributed by atoms with Crippen LogP contribution in [0, 0.1) is 6.92 Å². The van der Waals surface area contributed by atoms with Gasteiger partial charge in [0.25, 0.3) is 5.91 Å². The molecule has 1 amide bonds. The Bertz CT molecular complexity index is 866. The molecule has 0 radical (unpaired) electrons. The van der Waals surface area contributed by atoms with Crippen molar-refractivity contribution in [3.63, 3.8) is 0 Å². The molecule has 0 aliphatic heterocycles. The third kappa shape index (κ3) is 3.65. The Balaban J connectivity index is 1.44. The summed E-state index contributed by atoms with van der Waals surface area (Å²) in [4.78, 5) is 27.4. The molecule has 24 heavy (non-hydrogen) atoms. The topological polar surface area (TPSA) is 71.2 Å². The number of aromatic nitrogens is 1. The Labute approximate surface area is 143 Å². The zero-order valence-electron chi connectivity index (χ0n) is 13.3. The fraction of sp³-hybridized carbons (Fsp3) is 0.222. The molecule has 0 bridgehead atoms. The minimum absolute atomic E-state index is 0.260. The van der Waals surface area contributed by atoms with Crippen LogP contribution < -0.4 is 5.32 Å². The molecule has 124 valence electrons. The summed E-state index contributed by atoms with van der Waals surface area (Å²) in [6.07, 6.45) is 2.67. The molecule has 3 aromatic rings. The van der Waals surface area contributed by atoms with Gasteiger partial charge in [-0.15, -0.1) is 11.3 Å². The van der Waals surface area contributed by atoms with Crippen molar-refractivity contribution in [3.05, 3.63) is 57.9 Å². The Kier molecular flexibility index (Phi) is 4.96. The van der Waals surface area contributed by atoms with Crippen LogP contribution in [0.3, 0.4) is 0 Å². The second kappa shape index (κ2) is 7.31. The summed E-state index contributed by atoms with van der Waals surface area (Å²) in [6.45, 7) is 2.08. The van der Waals surface area contributed by atoms with Gasteiger partial charge in [0.05, 0.1) is 0 Å². The number of nitrogens with one attached hydrogen (secondary N) is 2. The number of carbonyl (C=O) groups is 2. The molecule has 2 heterocycles. The molecule has 5 nitrogen and oxygen atoms in total. The van der Waals surface area contributed by atoms with Gasteiger partial charge in [-0.25, -0.2) is 4.79 Å². The summed E-state index contributed by atoms with van der Waals surface area (Å²) in [5.74, 6) is -0.744. The van der Waals surface area contributed by atoms with Crippen LogP contribution in [0.5, 0.6) is 0 Å². The van der Waals surface area contributed by atoms with Crippen LogP contribution in [-0.4, -0.2) is 30.0 Å². The van der Waals surface area contributed by atoms with Gasteiger partial charge < -0.3 is 15.0 Å². The Morgan fingerprint density at radius 1 is 1.25 bits per heavy atom. The van der Waals surface area contributed by atoms with E-state index in [1.165, 1.54) is 11.3 Å². The number of ether oxygens (including phenoxy) is 1. The molecule has 2 aromatic heterocycles. The molecule has 0 atom stereocenters. The maximum absolute atomic E-state index is 11.8. The third-order valence-electron chi connectivity index (χ3n) is 3.77. The summed E-state index contributed by atoms with van der Waals surface area (Å²) in [5, 5.41) is 5.76. The van der Waals surface area contributed by atoms with E-state index in [4.69, 9.17) is 4.74 Å². The van der Waals surface area contributed by atoms with Gasteiger partial charge in [0.1, 0.15) is 4.88 Å². The van der Waals surface area contributed by atoms with Gasteiger partial charge in [-0.05, 0) is 42.0 Å². The molecule has 0 unspecified atom stereocenters. The van der Waals surface area contributed by atoms with E-state index < -0.39 is 5.97 Å². The molecular formula is C18H18N2O3S. The first kappa shape index (κ1) is 16.3. The number of amides is 1. The maximum atomic E-state index is 11.8. The highest BCUT2D eigenvalue weighted by Gasteiger charge is 2.13. The quantitative estimate of drug-likeness (QED) is 0.676. The van der Waals surface area contributed by atoms with Crippen LogP contribution >= 0.6 is 11.3 Å². The number of para-hydroxylation sites is 1.